The van der Waals surface area contributed by atoms with E-state index in [2.05, 4.69) is 33.4 Å². The Bertz CT molecular complexity index is 124. The van der Waals surface area contributed by atoms with Crippen molar-refractivity contribution in [3.05, 3.63) is 12.7 Å². The Morgan fingerprint density at radius 1 is 1.50 bits per heavy atom. The van der Waals surface area contributed by atoms with Crippen molar-refractivity contribution in [3.63, 3.8) is 0 Å². The Hall–Kier alpha value is -0.260. The van der Waals surface area contributed by atoms with Crippen LogP contribution >= 0.6 is 0 Å². The van der Waals surface area contributed by atoms with Crippen LogP contribution in [0.4, 0.5) is 0 Å². The highest BCUT2D eigenvalue weighted by molar-refractivity contribution is 4.98. The molecule has 0 amide bonds. The number of hydrogen-bond acceptors (Lipinski definition) is 0. The van der Waals surface area contributed by atoms with Gasteiger partial charge in [0.05, 0.1) is 0 Å². The smallest absolute Gasteiger partial charge is 0.0318 e. The molecule has 1 saturated carbocycles. The van der Waals surface area contributed by atoms with E-state index in [4.69, 9.17) is 0 Å². The average Bonchev–Trinajstić information content (AvgIpc) is 2.43. The SMILES string of the molecule is C=CCC1C(C)C1C(C)C. The Morgan fingerprint density at radius 3 is 2.40 bits per heavy atom. The zero-order valence-corrected chi connectivity index (χ0v) is 7.30. The first-order valence-electron chi connectivity index (χ1n) is 4.29. The number of rotatable bonds is 3. The third kappa shape index (κ3) is 1.25. The van der Waals surface area contributed by atoms with Gasteiger partial charge >= 0.3 is 0 Å². The summed E-state index contributed by atoms with van der Waals surface area (Å²) < 4.78 is 0. The molecule has 0 spiro atoms. The van der Waals surface area contributed by atoms with Crippen LogP contribution in [0.3, 0.4) is 0 Å². The van der Waals surface area contributed by atoms with Gasteiger partial charge in [0.25, 0.3) is 0 Å². The molecule has 1 aliphatic rings. The van der Waals surface area contributed by atoms with Gasteiger partial charge in [0.2, 0.25) is 0 Å². The Kier molecular flexibility index (Phi) is 2.18. The quantitative estimate of drug-likeness (QED) is 0.526. The van der Waals surface area contributed by atoms with E-state index >= 15 is 0 Å². The van der Waals surface area contributed by atoms with Crippen molar-refractivity contribution in [3.8, 4) is 0 Å². The van der Waals surface area contributed by atoms with Crippen molar-refractivity contribution in [2.75, 3.05) is 0 Å². The second-order valence-electron chi connectivity index (χ2n) is 3.87. The molecule has 3 atom stereocenters. The van der Waals surface area contributed by atoms with Crippen LogP contribution in [-0.2, 0) is 0 Å². The van der Waals surface area contributed by atoms with Gasteiger partial charge in [-0.3, -0.25) is 0 Å². The zero-order chi connectivity index (χ0) is 7.72. The van der Waals surface area contributed by atoms with Crippen LogP contribution in [0.15, 0.2) is 12.7 Å². The van der Waals surface area contributed by atoms with Crippen molar-refractivity contribution in [2.24, 2.45) is 23.7 Å². The summed E-state index contributed by atoms with van der Waals surface area (Å²) >= 11 is 0. The molecule has 0 radical (unpaired) electrons. The molecular weight excluding hydrogens is 120 g/mol. The monoisotopic (exact) mass is 138 g/mol. The van der Waals surface area contributed by atoms with Gasteiger partial charge in [-0.15, -0.1) is 6.58 Å². The summed E-state index contributed by atoms with van der Waals surface area (Å²) in [6.07, 6.45) is 3.29. The third-order valence-corrected chi connectivity index (χ3v) is 2.84. The van der Waals surface area contributed by atoms with Gasteiger partial charge in [0.1, 0.15) is 0 Å². The van der Waals surface area contributed by atoms with Gasteiger partial charge < -0.3 is 0 Å². The first-order chi connectivity index (χ1) is 4.68. The average molecular weight is 138 g/mol. The topological polar surface area (TPSA) is 0 Å². The van der Waals surface area contributed by atoms with Crippen LogP contribution in [0.1, 0.15) is 27.2 Å². The van der Waals surface area contributed by atoms with Crippen LogP contribution < -0.4 is 0 Å². The molecule has 10 heavy (non-hydrogen) atoms. The molecule has 0 bridgehead atoms. The Labute approximate surface area is 64.3 Å². The lowest BCUT2D eigenvalue weighted by molar-refractivity contribution is 0.507. The summed E-state index contributed by atoms with van der Waals surface area (Å²) in [6.45, 7) is 10.8. The van der Waals surface area contributed by atoms with Crippen molar-refractivity contribution >= 4 is 0 Å². The van der Waals surface area contributed by atoms with Crippen LogP contribution in [0.2, 0.25) is 0 Å². The summed E-state index contributed by atoms with van der Waals surface area (Å²) in [5, 5.41) is 0. The van der Waals surface area contributed by atoms with Gasteiger partial charge in [-0.05, 0) is 30.1 Å². The molecule has 0 nitrogen and oxygen atoms in total. The highest BCUT2D eigenvalue weighted by atomic mass is 14.5. The minimum absolute atomic E-state index is 0.875. The fourth-order valence-corrected chi connectivity index (χ4v) is 2.25. The molecule has 0 heterocycles. The highest BCUT2D eigenvalue weighted by Gasteiger charge is 2.46. The third-order valence-electron chi connectivity index (χ3n) is 2.84. The van der Waals surface area contributed by atoms with E-state index in [1.807, 2.05) is 0 Å². The van der Waals surface area contributed by atoms with Crippen LogP contribution in [0, 0.1) is 23.7 Å². The molecular formula is C10H18. The Morgan fingerprint density at radius 2 is 2.10 bits per heavy atom. The number of hydrogen-bond donors (Lipinski definition) is 0. The van der Waals surface area contributed by atoms with E-state index in [1.54, 1.807) is 0 Å². The van der Waals surface area contributed by atoms with Crippen molar-refractivity contribution in [2.45, 2.75) is 27.2 Å². The van der Waals surface area contributed by atoms with Gasteiger partial charge in [0.15, 0.2) is 0 Å². The van der Waals surface area contributed by atoms with E-state index in [0.717, 1.165) is 23.7 Å². The number of allylic oxidation sites excluding steroid dienone is 1. The molecule has 0 aromatic rings. The lowest BCUT2D eigenvalue weighted by Crippen LogP contribution is -1.92. The minimum atomic E-state index is 0.875. The lowest BCUT2D eigenvalue weighted by Gasteiger charge is -1.99. The standard InChI is InChI=1S/C10H18/c1-5-6-9-8(4)10(9)7(2)3/h5,7-10H,1,6H2,2-4H3. The maximum atomic E-state index is 3.77. The van der Waals surface area contributed by atoms with Crippen LogP contribution in [0.5, 0.6) is 0 Å². The van der Waals surface area contributed by atoms with E-state index in [0.29, 0.717) is 0 Å². The summed E-state index contributed by atoms with van der Waals surface area (Å²) in [5.41, 5.74) is 0. The molecule has 0 saturated heterocycles. The maximum absolute atomic E-state index is 3.77. The van der Waals surface area contributed by atoms with Crippen LogP contribution in [-0.4, -0.2) is 0 Å². The predicted octanol–water partition coefficient (Wildman–Crippen LogP) is 3.10. The van der Waals surface area contributed by atoms with Crippen molar-refractivity contribution in [1.29, 1.82) is 0 Å². The largest absolute Gasteiger partial charge is 0.103 e. The molecule has 0 aromatic heterocycles. The first-order valence-corrected chi connectivity index (χ1v) is 4.29. The Balaban J connectivity index is 2.33. The highest BCUT2D eigenvalue weighted by Crippen LogP contribution is 2.52. The maximum Gasteiger partial charge on any atom is -0.0318 e. The van der Waals surface area contributed by atoms with E-state index < -0.39 is 0 Å². The van der Waals surface area contributed by atoms with E-state index in [9.17, 15) is 0 Å². The van der Waals surface area contributed by atoms with Gasteiger partial charge in [-0.1, -0.05) is 26.8 Å². The molecule has 58 valence electrons. The summed E-state index contributed by atoms with van der Waals surface area (Å²) in [4.78, 5) is 0. The fourth-order valence-electron chi connectivity index (χ4n) is 2.25. The molecule has 0 heteroatoms. The first kappa shape index (κ1) is 7.84. The molecule has 3 unspecified atom stereocenters. The minimum Gasteiger partial charge on any atom is -0.103 e. The van der Waals surface area contributed by atoms with E-state index in [1.165, 1.54) is 6.42 Å². The molecule has 0 N–H and O–H groups in total. The second kappa shape index (κ2) is 2.77. The van der Waals surface area contributed by atoms with Crippen LogP contribution in [0.25, 0.3) is 0 Å². The fraction of sp³-hybridized carbons (Fsp3) is 0.800. The summed E-state index contributed by atoms with van der Waals surface area (Å²) in [5.74, 6) is 3.77. The molecule has 1 aliphatic carbocycles. The molecule has 0 aliphatic heterocycles. The van der Waals surface area contributed by atoms with E-state index in [-0.39, 0.29) is 0 Å². The van der Waals surface area contributed by atoms with Gasteiger partial charge in [0, 0.05) is 0 Å². The zero-order valence-electron chi connectivity index (χ0n) is 7.30. The predicted molar refractivity (Wildman–Crippen MR) is 45.8 cm³/mol. The summed E-state index contributed by atoms with van der Waals surface area (Å²) in [7, 11) is 0. The molecule has 0 aromatic carbocycles. The van der Waals surface area contributed by atoms with Gasteiger partial charge in [-0.25, -0.2) is 0 Å². The second-order valence-corrected chi connectivity index (χ2v) is 3.87. The molecule has 1 fully saturated rings. The van der Waals surface area contributed by atoms with Crippen molar-refractivity contribution < 1.29 is 0 Å². The van der Waals surface area contributed by atoms with Crippen molar-refractivity contribution in [1.82, 2.24) is 0 Å². The normalized spacial score (nSPS) is 38.2. The molecule has 1 rings (SSSR count). The summed E-state index contributed by atoms with van der Waals surface area (Å²) in [6, 6.07) is 0. The van der Waals surface area contributed by atoms with Gasteiger partial charge in [-0.2, -0.15) is 0 Å². The lowest BCUT2D eigenvalue weighted by atomic mass is 10.1.